The topological polar surface area (TPSA) is 33.1 Å². The molecule has 0 saturated heterocycles. The average Bonchev–Trinajstić information content (AvgIpc) is 2.80. The summed E-state index contributed by atoms with van der Waals surface area (Å²) in [4.78, 5) is 4.71. The molecule has 0 amide bonds. The Balaban J connectivity index is 1.67. The smallest absolute Gasteiger partial charge is 0.0843 e. The molecule has 33 heavy (non-hydrogen) atoms. The fourth-order valence-electron chi connectivity index (χ4n) is 4.23. The maximum atomic E-state index is 10.7. The molecule has 0 bridgehead atoms. The van der Waals surface area contributed by atoms with Crippen molar-refractivity contribution in [3.05, 3.63) is 112 Å². The Kier molecular flexibility index (Phi) is 7.19. The fraction of sp³-hybridized carbons (Fsp3) is 0.207. The maximum absolute atomic E-state index is 10.7. The van der Waals surface area contributed by atoms with Crippen LogP contribution >= 0.6 is 23.2 Å². The van der Waals surface area contributed by atoms with E-state index in [0.717, 1.165) is 39.7 Å². The highest BCUT2D eigenvalue weighted by Crippen LogP contribution is 2.35. The summed E-state index contributed by atoms with van der Waals surface area (Å²) in [6, 6.07) is 26.3. The van der Waals surface area contributed by atoms with Crippen molar-refractivity contribution in [3.8, 4) is 0 Å². The lowest BCUT2D eigenvalue weighted by Gasteiger charge is -2.27. The summed E-state index contributed by atoms with van der Waals surface area (Å²) in [5.74, 6) is 0.633. The van der Waals surface area contributed by atoms with Gasteiger partial charge in [-0.3, -0.25) is 0 Å². The number of hydrogen-bond donors (Lipinski definition) is 1. The second-order valence-corrected chi connectivity index (χ2v) is 9.57. The zero-order chi connectivity index (χ0) is 23.4. The standard InChI is InChI=1S/C29H27Cl2NO/c1-29(2,33)27-9-4-3-8-26(27)25(16-17-30)22-7-5-6-20(18-22)10-14-24-15-12-21-11-13-23(31)19-28(21)32-24/h3-15,18-19,25,33H,16-17H2,1-2H3/b14-10+. The van der Waals surface area contributed by atoms with Gasteiger partial charge < -0.3 is 5.11 Å². The third-order valence-corrected chi connectivity index (χ3v) is 6.28. The van der Waals surface area contributed by atoms with Crippen LogP contribution in [-0.4, -0.2) is 16.0 Å². The first-order valence-electron chi connectivity index (χ1n) is 11.1. The quantitative estimate of drug-likeness (QED) is 0.274. The number of rotatable bonds is 7. The van der Waals surface area contributed by atoms with Gasteiger partial charge in [-0.25, -0.2) is 4.98 Å². The van der Waals surface area contributed by atoms with Gasteiger partial charge in [0.1, 0.15) is 0 Å². The lowest BCUT2D eigenvalue weighted by Crippen LogP contribution is -2.20. The van der Waals surface area contributed by atoms with Crippen LogP contribution < -0.4 is 0 Å². The van der Waals surface area contributed by atoms with Gasteiger partial charge in [0.05, 0.1) is 16.8 Å². The van der Waals surface area contributed by atoms with Gasteiger partial charge in [-0.15, -0.1) is 11.6 Å². The number of pyridine rings is 1. The van der Waals surface area contributed by atoms with Crippen LogP contribution in [0.5, 0.6) is 0 Å². The normalized spacial score (nSPS) is 13.0. The molecule has 1 N–H and O–H groups in total. The molecular formula is C29H27Cl2NO. The van der Waals surface area contributed by atoms with E-state index >= 15 is 0 Å². The minimum atomic E-state index is -0.927. The molecule has 4 rings (SSSR count). The number of aliphatic hydroxyl groups is 1. The summed E-state index contributed by atoms with van der Waals surface area (Å²) in [6.45, 7) is 3.65. The number of alkyl halides is 1. The van der Waals surface area contributed by atoms with Crippen molar-refractivity contribution >= 4 is 46.3 Å². The van der Waals surface area contributed by atoms with Crippen LogP contribution in [0.3, 0.4) is 0 Å². The van der Waals surface area contributed by atoms with E-state index in [4.69, 9.17) is 28.2 Å². The van der Waals surface area contributed by atoms with Crippen LogP contribution in [0.2, 0.25) is 5.02 Å². The average molecular weight is 476 g/mol. The van der Waals surface area contributed by atoms with E-state index in [0.29, 0.717) is 10.9 Å². The molecule has 0 aliphatic carbocycles. The molecule has 1 aromatic heterocycles. The van der Waals surface area contributed by atoms with Crippen molar-refractivity contribution < 1.29 is 5.11 Å². The van der Waals surface area contributed by atoms with Crippen LogP contribution in [0, 0.1) is 0 Å². The van der Waals surface area contributed by atoms with Gasteiger partial charge in [-0.2, -0.15) is 0 Å². The van der Waals surface area contributed by atoms with Gasteiger partial charge >= 0.3 is 0 Å². The Hall–Kier alpha value is -2.65. The molecule has 0 fully saturated rings. The van der Waals surface area contributed by atoms with Crippen LogP contribution in [0.25, 0.3) is 23.1 Å². The van der Waals surface area contributed by atoms with E-state index < -0.39 is 5.60 Å². The molecule has 0 aliphatic heterocycles. The third-order valence-electron chi connectivity index (χ3n) is 5.83. The van der Waals surface area contributed by atoms with Crippen molar-refractivity contribution in [1.82, 2.24) is 4.98 Å². The SMILES string of the molecule is CC(C)(O)c1ccccc1C(CCCl)c1cccc(/C=C/c2ccc3ccc(Cl)cc3n2)c1. The minimum Gasteiger partial charge on any atom is -0.386 e. The van der Waals surface area contributed by atoms with Gasteiger partial charge in [0.2, 0.25) is 0 Å². The predicted octanol–water partition coefficient (Wildman–Crippen LogP) is 8.05. The number of halogens is 2. The molecule has 168 valence electrons. The van der Waals surface area contributed by atoms with E-state index in [1.165, 1.54) is 5.56 Å². The molecule has 3 aromatic carbocycles. The van der Waals surface area contributed by atoms with E-state index in [-0.39, 0.29) is 5.92 Å². The highest BCUT2D eigenvalue weighted by molar-refractivity contribution is 6.31. The molecule has 0 aliphatic rings. The van der Waals surface area contributed by atoms with Crippen LogP contribution in [0.1, 0.15) is 54.1 Å². The molecule has 1 atom stereocenters. The Morgan fingerprint density at radius 3 is 2.52 bits per heavy atom. The van der Waals surface area contributed by atoms with Crippen molar-refractivity contribution in [3.63, 3.8) is 0 Å². The Morgan fingerprint density at radius 2 is 1.73 bits per heavy atom. The number of fused-ring (bicyclic) bond motifs is 1. The molecular weight excluding hydrogens is 449 g/mol. The van der Waals surface area contributed by atoms with Crippen molar-refractivity contribution in [1.29, 1.82) is 0 Å². The summed E-state index contributed by atoms with van der Waals surface area (Å²) < 4.78 is 0. The van der Waals surface area contributed by atoms with Crippen molar-refractivity contribution in [2.24, 2.45) is 0 Å². The predicted molar refractivity (Wildman–Crippen MR) is 141 cm³/mol. The van der Waals surface area contributed by atoms with Gasteiger partial charge in [0, 0.05) is 22.2 Å². The number of benzene rings is 3. The van der Waals surface area contributed by atoms with Gasteiger partial charge in [-0.1, -0.05) is 78.3 Å². The molecule has 4 heteroatoms. The van der Waals surface area contributed by atoms with Crippen LogP contribution in [0.4, 0.5) is 0 Å². The number of aromatic nitrogens is 1. The zero-order valence-electron chi connectivity index (χ0n) is 18.8. The first-order chi connectivity index (χ1) is 15.8. The van der Waals surface area contributed by atoms with Crippen LogP contribution in [0.15, 0.2) is 78.9 Å². The van der Waals surface area contributed by atoms with Crippen molar-refractivity contribution in [2.75, 3.05) is 5.88 Å². The molecule has 0 radical (unpaired) electrons. The van der Waals surface area contributed by atoms with E-state index in [9.17, 15) is 5.11 Å². The second kappa shape index (κ2) is 10.1. The highest BCUT2D eigenvalue weighted by atomic mass is 35.5. The summed E-state index contributed by atoms with van der Waals surface area (Å²) in [7, 11) is 0. The first kappa shape index (κ1) is 23.5. The van der Waals surface area contributed by atoms with E-state index in [1.807, 2.05) is 62.4 Å². The second-order valence-electron chi connectivity index (χ2n) is 8.75. The Morgan fingerprint density at radius 1 is 0.939 bits per heavy atom. The minimum absolute atomic E-state index is 0.0967. The summed E-state index contributed by atoms with van der Waals surface area (Å²) in [5.41, 5.74) is 5.13. The van der Waals surface area contributed by atoms with E-state index in [1.54, 1.807) is 0 Å². The fourth-order valence-corrected chi connectivity index (χ4v) is 4.61. The Bertz CT molecular complexity index is 1290. The zero-order valence-corrected chi connectivity index (χ0v) is 20.3. The molecule has 1 unspecified atom stereocenters. The van der Waals surface area contributed by atoms with Crippen LogP contribution in [-0.2, 0) is 5.60 Å². The first-order valence-corrected chi connectivity index (χ1v) is 12.0. The number of nitrogens with zero attached hydrogens (tertiary/aromatic N) is 1. The summed E-state index contributed by atoms with van der Waals surface area (Å²) in [5, 5.41) is 12.5. The highest BCUT2D eigenvalue weighted by Gasteiger charge is 2.24. The molecule has 0 saturated carbocycles. The molecule has 4 aromatic rings. The number of hydrogen-bond acceptors (Lipinski definition) is 2. The maximum Gasteiger partial charge on any atom is 0.0843 e. The van der Waals surface area contributed by atoms with Crippen molar-refractivity contribution in [2.45, 2.75) is 31.8 Å². The molecule has 2 nitrogen and oxygen atoms in total. The largest absolute Gasteiger partial charge is 0.386 e. The monoisotopic (exact) mass is 475 g/mol. The van der Waals surface area contributed by atoms with Gasteiger partial charge in [0.15, 0.2) is 0 Å². The Labute approximate surface area is 205 Å². The lowest BCUT2D eigenvalue weighted by atomic mass is 9.81. The third kappa shape index (κ3) is 5.65. The summed E-state index contributed by atoms with van der Waals surface area (Å²) >= 11 is 12.3. The molecule has 0 spiro atoms. The summed E-state index contributed by atoms with van der Waals surface area (Å²) in [6.07, 6.45) is 4.87. The molecule has 1 heterocycles. The van der Waals surface area contributed by atoms with Gasteiger partial charge in [0.25, 0.3) is 0 Å². The van der Waals surface area contributed by atoms with Gasteiger partial charge in [-0.05, 0) is 66.8 Å². The lowest BCUT2D eigenvalue weighted by molar-refractivity contribution is 0.0773. The van der Waals surface area contributed by atoms with E-state index in [2.05, 4.69) is 42.5 Å².